The number of hydrogen-bond acceptors (Lipinski definition) is 4. The second kappa shape index (κ2) is 5.96. The van der Waals surface area contributed by atoms with Gasteiger partial charge in [0.15, 0.2) is 0 Å². The van der Waals surface area contributed by atoms with Crippen molar-refractivity contribution >= 4 is 17.5 Å². The van der Waals surface area contributed by atoms with Crippen LogP contribution in [0.5, 0.6) is 0 Å². The molecule has 120 valence electrons. The molecular weight excluding hydrogens is 314 g/mol. The average molecular weight is 332 g/mol. The predicted molar refractivity (Wildman–Crippen MR) is 85.6 cm³/mol. The van der Waals surface area contributed by atoms with Crippen molar-refractivity contribution in [1.82, 2.24) is 15.1 Å². The monoisotopic (exact) mass is 331 g/mol. The van der Waals surface area contributed by atoms with Crippen molar-refractivity contribution in [2.45, 2.75) is 37.5 Å². The van der Waals surface area contributed by atoms with Gasteiger partial charge in [0.25, 0.3) is 5.91 Å². The fraction of sp³-hybridized carbons (Fsp3) is 0.471. The lowest BCUT2D eigenvalue weighted by Crippen LogP contribution is -2.38. The van der Waals surface area contributed by atoms with Crippen LogP contribution in [0.3, 0.4) is 0 Å². The maximum Gasteiger partial charge on any atom is 0.253 e. The maximum atomic E-state index is 12.5. The summed E-state index contributed by atoms with van der Waals surface area (Å²) in [6, 6.07) is 7.05. The first-order chi connectivity index (χ1) is 11.2. The number of hydrogen-bond donors (Lipinski definition) is 0. The van der Waals surface area contributed by atoms with Crippen molar-refractivity contribution in [1.29, 1.82) is 0 Å². The maximum absolute atomic E-state index is 12.5. The molecule has 0 bridgehead atoms. The SMILES string of the molecule is O=C(c1ccc(Cl)cc1)N1CCC(c2nnc(C3CC3)o2)CC1. The van der Waals surface area contributed by atoms with Gasteiger partial charge in [0.05, 0.1) is 0 Å². The van der Waals surface area contributed by atoms with Crippen LogP contribution in [0.15, 0.2) is 28.7 Å². The molecule has 2 heterocycles. The smallest absolute Gasteiger partial charge is 0.253 e. The number of carbonyl (C=O) groups excluding carboxylic acids is 1. The quantitative estimate of drug-likeness (QED) is 0.861. The molecule has 2 fully saturated rings. The normalized spacial score (nSPS) is 19.1. The van der Waals surface area contributed by atoms with Crippen LogP contribution in [0.4, 0.5) is 0 Å². The topological polar surface area (TPSA) is 59.2 Å². The summed E-state index contributed by atoms with van der Waals surface area (Å²) in [6.45, 7) is 1.43. The molecule has 4 rings (SSSR count). The van der Waals surface area contributed by atoms with Gasteiger partial charge in [-0.3, -0.25) is 4.79 Å². The van der Waals surface area contributed by atoms with Crippen LogP contribution < -0.4 is 0 Å². The van der Waals surface area contributed by atoms with Crippen molar-refractivity contribution in [3.63, 3.8) is 0 Å². The van der Waals surface area contributed by atoms with E-state index >= 15 is 0 Å². The molecule has 1 aromatic heterocycles. The van der Waals surface area contributed by atoms with Crippen LogP contribution in [0.2, 0.25) is 5.02 Å². The number of benzene rings is 1. The Balaban J connectivity index is 1.38. The molecule has 5 nitrogen and oxygen atoms in total. The third kappa shape index (κ3) is 3.11. The van der Waals surface area contributed by atoms with Gasteiger partial charge >= 0.3 is 0 Å². The highest BCUT2D eigenvalue weighted by atomic mass is 35.5. The number of piperidine rings is 1. The molecule has 0 unspecified atom stereocenters. The number of nitrogens with zero attached hydrogens (tertiary/aromatic N) is 3. The highest BCUT2D eigenvalue weighted by molar-refractivity contribution is 6.30. The van der Waals surface area contributed by atoms with Gasteiger partial charge in [0.1, 0.15) is 0 Å². The molecule has 1 aliphatic heterocycles. The first-order valence-corrected chi connectivity index (χ1v) is 8.46. The third-order valence-electron chi connectivity index (χ3n) is 4.61. The Bertz CT molecular complexity index is 701. The molecule has 1 saturated heterocycles. The highest BCUT2D eigenvalue weighted by Crippen LogP contribution is 2.40. The van der Waals surface area contributed by atoms with Crippen molar-refractivity contribution in [2.24, 2.45) is 0 Å². The Kier molecular flexibility index (Phi) is 3.81. The minimum atomic E-state index is 0.0596. The predicted octanol–water partition coefficient (Wildman–Crippen LogP) is 3.62. The molecule has 0 radical (unpaired) electrons. The van der Waals surface area contributed by atoms with E-state index in [1.807, 2.05) is 4.90 Å². The molecule has 1 saturated carbocycles. The van der Waals surface area contributed by atoms with E-state index in [4.69, 9.17) is 16.0 Å². The number of amides is 1. The van der Waals surface area contributed by atoms with Gasteiger partial charge in [0, 0.05) is 35.5 Å². The summed E-state index contributed by atoms with van der Waals surface area (Å²) >= 11 is 5.87. The lowest BCUT2D eigenvalue weighted by atomic mass is 9.96. The van der Waals surface area contributed by atoms with Crippen molar-refractivity contribution in [3.8, 4) is 0 Å². The summed E-state index contributed by atoms with van der Waals surface area (Å²) in [6.07, 6.45) is 4.06. The van der Waals surface area contributed by atoms with Gasteiger partial charge in [-0.1, -0.05) is 11.6 Å². The zero-order valence-electron chi connectivity index (χ0n) is 12.7. The van der Waals surface area contributed by atoms with E-state index in [2.05, 4.69) is 10.2 Å². The van der Waals surface area contributed by atoms with E-state index in [1.165, 1.54) is 0 Å². The standard InChI is InChI=1S/C17H18ClN3O2/c18-14-5-3-13(4-6-14)17(22)21-9-7-12(8-10-21)16-20-19-15(23-16)11-1-2-11/h3-6,11-12H,1-2,7-10H2. The number of halogens is 1. The summed E-state index contributed by atoms with van der Waals surface area (Å²) in [4.78, 5) is 14.4. The minimum Gasteiger partial charge on any atom is -0.425 e. The second-order valence-electron chi connectivity index (χ2n) is 6.33. The van der Waals surface area contributed by atoms with Crippen LogP contribution in [0.1, 0.15) is 59.7 Å². The number of likely N-dealkylation sites (tertiary alicyclic amines) is 1. The van der Waals surface area contributed by atoms with Gasteiger partial charge in [-0.2, -0.15) is 0 Å². The molecule has 0 atom stereocenters. The molecule has 2 aliphatic rings. The Morgan fingerprint density at radius 1 is 1.00 bits per heavy atom. The molecule has 6 heteroatoms. The molecular formula is C17H18ClN3O2. The van der Waals surface area contributed by atoms with Gasteiger partial charge in [-0.15, -0.1) is 10.2 Å². The van der Waals surface area contributed by atoms with Gasteiger partial charge in [-0.05, 0) is 49.9 Å². The Labute approximate surface area is 139 Å². The third-order valence-corrected chi connectivity index (χ3v) is 4.86. The average Bonchev–Trinajstić information content (AvgIpc) is 3.32. The fourth-order valence-corrected chi connectivity index (χ4v) is 3.14. The molecule has 1 amide bonds. The first-order valence-electron chi connectivity index (χ1n) is 8.09. The summed E-state index contributed by atoms with van der Waals surface area (Å²) in [5.41, 5.74) is 0.682. The zero-order chi connectivity index (χ0) is 15.8. The fourth-order valence-electron chi connectivity index (χ4n) is 3.01. The summed E-state index contributed by atoms with van der Waals surface area (Å²) in [5.74, 6) is 2.35. The molecule has 0 N–H and O–H groups in total. The summed E-state index contributed by atoms with van der Waals surface area (Å²) in [7, 11) is 0. The minimum absolute atomic E-state index is 0.0596. The van der Waals surface area contributed by atoms with E-state index in [9.17, 15) is 4.79 Å². The van der Waals surface area contributed by atoms with Gasteiger partial charge in [-0.25, -0.2) is 0 Å². The number of aromatic nitrogens is 2. The Morgan fingerprint density at radius 2 is 1.57 bits per heavy atom. The zero-order valence-corrected chi connectivity index (χ0v) is 13.5. The van der Waals surface area contributed by atoms with E-state index in [1.54, 1.807) is 24.3 Å². The number of rotatable bonds is 3. The highest BCUT2D eigenvalue weighted by Gasteiger charge is 2.32. The van der Waals surface area contributed by atoms with Crippen LogP contribution in [-0.4, -0.2) is 34.1 Å². The van der Waals surface area contributed by atoms with E-state index < -0.39 is 0 Å². The van der Waals surface area contributed by atoms with Crippen LogP contribution in [-0.2, 0) is 0 Å². The molecule has 0 spiro atoms. The summed E-state index contributed by atoms with van der Waals surface area (Å²) < 4.78 is 5.80. The van der Waals surface area contributed by atoms with Crippen LogP contribution in [0, 0.1) is 0 Å². The Hall–Kier alpha value is -1.88. The van der Waals surface area contributed by atoms with E-state index in [0.717, 1.165) is 37.5 Å². The number of carbonyl (C=O) groups is 1. The second-order valence-corrected chi connectivity index (χ2v) is 6.76. The van der Waals surface area contributed by atoms with Crippen molar-refractivity contribution < 1.29 is 9.21 Å². The molecule has 23 heavy (non-hydrogen) atoms. The Morgan fingerprint density at radius 3 is 2.13 bits per heavy atom. The largest absolute Gasteiger partial charge is 0.425 e. The lowest BCUT2D eigenvalue weighted by molar-refractivity contribution is 0.0706. The molecule has 1 aromatic carbocycles. The van der Waals surface area contributed by atoms with Crippen molar-refractivity contribution in [3.05, 3.63) is 46.6 Å². The van der Waals surface area contributed by atoms with Crippen LogP contribution in [0.25, 0.3) is 0 Å². The first kappa shape index (κ1) is 14.7. The summed E-state index contributed by atoms with van der Waals surface area (Å²) in [5, 5.41) is 9.00. The van der Waals surface area contributed by atoms with Gasteiger partial charge < -0.3 is 9.32 Å². The molecule has 1 aliphatic carbocycles. The van der Waals surface area contributed by atoms with Crippen molar-refractivity contribution in [2.75, 3.05) is 13.1 Å². The molecule has 2 aromatic rings. The van der Waals surface area contributed by atoms with Crippen LogP contribution >= 0.6 is 11.6 Å². The lowest BCUT2D eigenvalue weighted by Gasteiger charge is -2.30. The van der Waals surface area contributed by atoms with E-state index in [-0.39, 0.29) is 11.8 Å². The van der Waals surface area contributed by atoms with E-state index in [0.29, 0.717) is 29.6 Å². The van der Waals surface area contributed by atoms with Gasteiger partial charge in [0.2, 0.25) is 11.8 Å².